The van der Waals surface area contributed by atoms with Gasteiger partial charge in [0.05, 0.1) is 11.1 Å². The highest BCUT2D eigenvalue weighted by molar-refractivity contribution is 7.10. The number of thiophene rings is 1. The Kier molecular flexibility index (Phi) is 3.94. The van der Waals surface area contributed by atoms with E-state index in [-0.39, 0.29) is 11.9 Å². The number of halogens is 1. The number of nitrogens with zero attached hydrogens (tertiary/aromatic N) is 1. The number of amides is 1. The number of fused-ring (bicyclic) bond motifs is 1. The SMILES string of the molecule is C[C@H]1c2ccsc2CCN1C(=O)c1ccc(-c2ccccc2Cl)o1. The number of carbonyl (C=O) groups is 1. The van der Waals surface area contributed by atoms with Gasteiger partial charge in [-0.15, -0.1) is 11.3 Å². The van der Waals surface area contributed by atoms with Crippen LogP contribution in [-0.2, 0) is 6.42 Å². The number of rotatable bonds is 2. The maximum Gasteiger partial charge on any atom is 0.290 e. The van der Waals surface area contributed by atoms with Gasteiger partial charge >= 0.3 is 0 Å². The molecule has 122 valence electrons. The average molecular weight is 358 g/mol. The van der Waals surface area contributed by atoms with Crippen LogP contribution in [0.5, 0.6) is 0 Å². The van der Waals surface area contributed by atoms with Gasteiger partial charge in [-0.05, 0) is 54.6 Å². The van der Waals surface area contributed by atoms with Gasteiger partial charge in [-0.2, -0.15) is 0 Å². The normalized spacial score (nSPS) is 16.9. The van der Waals surface area contributed by atoms with Crippen LogP contribution in [0.2, 0.25) is 5.02 Å². The molecule has 3 heterocycles. The van der Waals surface area contributed by atoms with Gasteiger partial charge in [-0.1, -0.05) is 23.7 Å². The topological polar surface area (TPSA) is 33.5 Å². The summed E-state index contributed by atoms with van der Waals surface area (Å²) in [4.78, 5) is 16.1. The fourth-order valence-corrected chi connectivity index (χ4v) is 4.38. The van der Waals surface area contributed by atoms with E-state index >= 15 is 0 Å². The molecule has 0 unspecified atom stereocenters. The first-order valence-electron chi connectivity index (χ1n) is 7.87. The lowest BCUT2D eigenvalue weighted by molar-refractivity contribution is 0.0647. The molecule has 3 aromatic rings. The summed E-state index contributed by atoms with van der Waals surface area (Å²) in [7, 11) is 0. The molecule has 0 fully saturated rings. The maximum atomic E-state index is 12.9. The van der Waals surface area contributed by atoms with Crippen molar-refractivity contribution in [2.75, 3.05) is 6.54 Å². The average Bonchev–Trinajstić information content (AvgIpc) is 3.25. The zero-order valence-corrected chi connectivity index (χ0v) is 14.7. The second kappa shape index (κ2) is 6.11. The molecule has 0 saturated heterocycles. The zero-order valence-electron chi connectivity index (χ0n) is 13.2. The standard InChI is InChI=1S/C19H16ClNO2S/c1-12-13-9-11-24-18(13)8-10-21(12)19(22)17-7-6-16(23-17)14-4-2-3-5-15(14)20/h2-7,9,11-12H,8,10H2,1H3/t12-/m0/s1. The van der Waals surface area contributed by atoms with Crippen LogP contribution in [0.15, 0.2) is 52.3 Å². The van der Waals surface area contributed by atoms with E-state index in [2.05, 4.69) is 18.4 Å². The Labute approximate surface area is 149 Å². The second-order valence-corrected chi connectivity index (χ2v) is 7.28. The molecule has 1 aliphatic heterocycles. The minimum absolute atomic E-state index is 0.0707. The molecule has 0 radical (unpaired) electrons. The van der Waals surface area contributed by atoms with E-state index in [0.29, 0.717) is 16.5 Å². The summed E-state index contributed by atoms with van der Waals surface area (Å²) in [6.07, 6.45) is 0.904. The number of carbonyl (C=O) groups excluding carboxylic acids is 1. The van der Waals surface area contributed by atoms with Gasteiger partial charge in [-0.3, -0.25) is 4.79 Å². The second-order valence-electron chi connectivity index (χ2n) is 5.87. The number of furan rings is 1. The summed E-state index contributed by atoms with van der Waals surface area (Å²) < 4.78 is 5.81. The van der Waals surface area contributed by atoms with Gasteiger partial charge in [-0.25, -0.2) is 0 Å². The van der Waals surface area contributed by atoms with Crippen LogP contribution in [0.4, 0.5) is 0 Å². The minimum Gasteiger partial charge on any atom is -0.451 e. The smallest absolute Gasteiger partial charge is 0.290 e. The molecular weight excluding hydrogens is 342 g/mol. The Hall–Kier alpha value is -2.04. The predicted octanol–water partition coefficient (Wildman–Crippen LogP) is 5.42. The van der Waals surface area contributed by atoms with Crippen molar-refractivity contribution in [2.24, 2.45) is 0 Å². The molecular formula is C19H16ClNO2S. The van der Waals surface area contributed by atoms with E-state index < -0.39 is 0 Å². The van der Waals surface area contributed by atoms with Crippen molar-refractivity contribution >= 4 is 28.8 Å². The van der Waals surface area contributed by atoms with Crippen LogP contribution in [-0.4, -0.2) is 17.4 Å². The molecule has 0 N–H and O–H groups in total. The van der Waals surface area contributed by atoms with Crippen LogP contribution >= 0.6 is 22.9 Å². The van der Waals surface area contributed by atoms with E-state index in [0.717, 1.165) is 18.5 Å². The Morgan fingerprint density at radius 2 is 2.08 bits per heavy atom. The molecule has 2 aromatic heterocycles. The van der Waals surface area contributed by atoms with Crippen molar-refractivity contribution < 1.29 is 9.21 Å². The summed E-state index contributed by atoms with van der Waals surface area (Å²) in [6, 6.07) is 13.2. The maximum absolute atomic E-state index is 12.9. The lowest BCUT2D eigenvalue weighted by Crippen LogP contribution is -2.38. The van der Waals surface area contributed by atoms with Crippen LogP contribution in [0.1, 0.15) is 34.0 Å². The Bertz CT molecular complexity index is 898. The Morgan fingerprint density at radius 1 is 1.25 bits per heavy atom. The predicted molar refractivity (Wildman–Crippen MR) is 96.6 cm³/mol. The van der Waals surface area contributed by atoms with Gasteiger partial charge < -0.3 is 9.32 Å². The van der Waals surface area contributed by atoms with Gasteiger partial charge in [0.1, 0.15) is 5.76 Å². The van der Waals surface area contributed by atoms with E-state index in [1.807, 2.05) is 29.2 Å². The van der Waals surface area contributed by atoms with Crippen molar-refractivity contribution in [1.82, 2.24) is 4.90 Å². The highest BCUT2D eigenvalue weighted by atomic mass is 35.5. The molecule has 1 atom stereocenters. The van der Waals surface area contributed by atoms with Crippen LogP contribution in [0.25, 0.3) is 11.3 Å². The van der Waals surface area contributed by atoms with Crippen molar-refractivity contribution in [2.45, 2.75) is 19.4 Å². The Morgan fingerprint density at radius 3 is 2.92 bits per heavy atom. The van der Waals surface area contributed by atoms with Gasteiger partial charge in [0, 0.05) is 17.0 Å². The van der Waals surface area contributed by atoms with E-state index in [1.54, 1.807) is 23.5 Å². The van der Waals surface area contributed by atoms with Gasteiger partial charge in [0.15, 0.2) is 5.76 Å². The van der Waals surface area contributed by atoms with Crippen LogP contribution < -0.4 is 0 Å². The van der Waals surface area contributed by atoms with Crippen LogP contribution in [0, 0.1) is 0 Å². The van der Waals surface area contributed by atoms with E-state index in [9.17, 15) is 4.79 Å². The lowest BCUT2D eigenvalue weighted by Gasteiger charge is -2.33. The number of hydrogen-bond acceptors (Lipinski definition) is 3. The Balaban J connectivity index is 1.61. The van der Waals surface area contributed by atoms with E-state index in [4.69, 9.17) is 16.0 Å². The highest BCUT2D eigenvalue weighted by Gasteiger charge is 2.30. The molecule has 1 amide bonds. The third-order valence-electron chi connectivity index (χ3n) is 4.49. The first-order valence-corrected chi connectivity index (χ1v) is 9.13. The molecule has 0 bridgehead atoms. The van der Waals surface area contributed by atoms with E-state index in [1.165, 1.54) is 10.4 Å². The van der Waals surface area contributed by atoms with Crippen molar-refractivity contribution in [3.63, 3.8) is 0 Å². The van der Waals surface area contributed by atoms with Crippen LogP contribution in [0.3, 0.4) is 0 Å². The minimum atomic E-state index is -0.0716. The summed E-state index contributed by atoms with van der Waals surface area (Å²) in [5.41, 5.74) is 2.04. The van der Waals surface area contributed by atoms with Gasteiger partial charge in [0.25, 0.3) is 5.91 Å². The molecule has 1 aromatic carbocycles. The molecule has 5 heteroatoms. The quantitative estimate of drug-likeness (QED) is 0.613. The molecule has 3 nitrogen and oxygen atoms in total. The lowest BCUT2D eigenvalue weighted by atomic mass is 10.0. The van der Waals surface area contributed by atoms with Gasteiger partial charge in [0.2, 0.25) is 0 Å². The molecule has 24 heavy (non-hydrogen) atoms. The zero-order chi connectivity index (χ0) is 16.7. The largest absolute Gasteiger partial charge is 0.451 e. The molecule has 0 saturated carbocycles. The highest BCUT2D eigenvalue weighted by Crippen LogP contribution is 2.35. The van der Waals surface area contributed by atoms with Crippen molar-refractivity contribution in [1.29, 1.82) is 0 Å². The third-order valence-corrected chi connectivity index (χ3v) is 5.82. The fourth-order valence-electron chi connectivity index (χ4n) is 3.19. The summed E-state index contributed by atoms with van der Waals surface area (Å²) >= 11 is 7.97. The summed E-state index contributed by atoms with van der Waals surface area (Å²) in [6.45, 7) is 2.79. The molecule has 1 aliphatic rings. The van der Waals surface area contributed by atoms with Crippen molar-refractivity contribution in [3.8, 4) is 11.3 Å². The first kappa shape index (κ1) is 15.5. The molecule has 4 rings (SSSR count). The summed E-state index contributed by atoms with van der Waals surface area (Å²) in [5, 5.41) is 2.71. The molecule has 0 aliphatic carbocycles. The first-order chi connectivity index (χ1) is 11.6. The molecule has 0 spiro atoms. The third kappa shape index (κ3) is 2.56. The van der Waals surface area contributed by atoms with Crippen molar-refractivity contribution in [3.05, 3.63) is 69.1 Å². The fraction of sp³-hybridized carbons (Fsp3) is 0.211. The number of hydrogen-bond donors (Lipinski definition) is 0. The monoisotopic (exact) mass is 357 g/mol. The number of benzene rings is 1. The summed E-state index contributed by atoms with van der Waals surface area (Å²) in [5.74, 6) is 0.901.